The molecule has 3 heteroatoms. The minimum atomic E-state index is 0.0541. The fourth-order valence-corrected chi connectivity index (χ4v) is 1.33. The summed E-state index contributed by atoms with van der Waals surface area (Å²) in [4.78, 5) is 0. The minimum absolute atomic E-state index is 0.0541. The van der Waals surface area contributed by atoms with Crippen molar-refractivity contribution in [3.8, 4) is 5.75 Å². The van der Waals surface area contributed by atoms with Gasteiger partial charge in [-0.3, -0.25) is 0 Å². The van der Waals surface area contributed by atoms with Crippen LogP contribution < -0.4 is 4.74 Å². The van der Waals surface area contributed by atoms with Crippen LogP contribution in [0.25, 0.3) is 0 Å². The lowest BCUT2D eigenvalue weighted by Gasteiger charge is -2.10. The van der Waals surface area contributed by atoms with Gasteiger partial charge in [-0.15, -0.1) is 11.6 Å². The van der Waals surface area contributed by atoms with Gasteiger partial charge in [0.2, 0.25) is 0 Å². The number of rotatable bonds is 5. The lowest BCUT2D eigenvalue weighted by atomic mass is 10.1. The molecule has 2 nitrogen and oxygen atoms in total. The number of aliphatic hydroxyl groups excluding tert-OH is 1. The fourth-order valence-electron chi connectivity index (χ4n) is 1.22. The number of halogens is 1. The second-order valence-corrected chi connectivity index (χ2v) is 3.47. The van der Waals surface area contributed by atoms with Gasteiger partial charge in [-0.25, -0.2) is 0 Å². The molecule has 0 saturated carbocycles. The van der Waals surface area contributed by atoms with Gasteiger partial charge in [0.25, 0.3) is 0 Å². The Balaban J connectivity index is 2.66. The summed E-state index contributed by atoms with van der Waals surface area (Å²) in [5.74, 6) is 1.44. The molecular formula is C11H15ClO2. The van der Waals surface area contributed by atoms with Gasteiger partial charge in [-0.2, -0.15) is 0 Å². The third-order valence-electron chi connectivity index (χ3n) is 2.10. The molecule has 1 N–H and O–H groups in total. The molecule has 0 saturated heterocycles. The monoisotopic (exact) mass is 214 g/mol. The molecule has 0 bridgehead atoms. The summed E-state index contributed by atoms with van der Waals surface area (Å²) < 4.78 is 5.52. The van der Waals surface area contributed by atoms with Gasteiger partial charge in [0.05, 0.1) is 13.2 Å². The second-order valence-electron chi connectivity index (χ2n) is 3.09. The molecule has 0 radical (unpaired) electrons. The van der Waals surface area contributed by atoms with Crippen molar-refractivity contribution in [1.29, 1.82) is 0 Å². The normalized spacial score (nSPS) is 10.2. The highest BCUT2D eigenvalue weighted by Crippen LogP contribution is 2.21. The van der Waals surface area contributed by atoms with Crippen LogP contribution in [0, 0.1) is 6.92 Å². The van der Waals surface area contributed by atoms with Gasteiger partial charge in [-0.05, 0) is 30.5 Å². The number of alkyl halides is 1. The SMILES string of the molecule is Cc1c(CO)cccc1OCCCCl. The molecule has 1 aromatic carbocycles. The zero-order valence-corrected chi connectivity index (χ0v) is 9.05. The number of hydrogen-bond donors (Lipinski definition) is 1. The quantitative estimate of drug-likeness (QED) is 0.603. The predicted molar refractivity (Wildman–Crippen MR) is 57.9 cm³/mol. The molecule has 0 unspecified atom stereocenters. The molecule has 0 aliphatic carbocycles. The van der Waals surface area contributed by atoms with E-state index in [4.69, 9.17) is 21.4 Å². The smallest absolute Gasteiger partial charge is 0.122 e. The molecule has 78 valence electrons. The molecule has 0 aromatic heterocycles. The third kappa shape index (κ3) is 2.89. The van der Waals surface area contributed by atoms with E-state index in [9.17, 15) is 0 Å². The van der Waals surface area contributed by atoms with Crippen molar-refractivity contribution in [2.24, 2.45) is 0 Å². The summed E-state index contributed by atoms with van der Waals surface area (Å²) in [7, 11) is 0. The summed E-state index contributed by atoms with van der Waals surface area (Å²) >= 11 is 5.55. The predicted octanol–water partition coefficient (Wildman–Crippen LogP) is 2.50. The minimum Gasteiger partial charge on any atom is -0.493 e. The molecule has 1 rings (SSSR count). The first kappa shape index (κ1) is 11.3. The Hall–Kier alpha value is -0.730. The van der Waals surface area contributed by atoms with Crippen LogP contribution in [-0.2, 0) is 6.61 Å². The summed E-state index contributed by atoms with van der Waals surface area (Å²) in [5, 5.41) is 9.04. The lowest BCUT2D eigenvalue weighted by molar-refractivity contribution is 0.277. The Bertz CT molecular complexity index is 287. The summed E-state index contributed by atoms with van der Waals surface area (Å²) in [5.41, 5.74) is 1.91. The number of benzene rings is 1. The van der Waals surface area contributed by atoms with E-state index in [0.717, 1.165) is 23.3 Å². The van der Waals surface area contributed by atoms with Crippen LogP contribution in [0.5, 0.6) is 5.75 Å². The largest absolute Gasteiger partial charge is 0.493 e. The molecular weight excluding hydrogens is 200 g/mol. The molecule has 0 heterocycles. The van der Waals surface area contributed by atoms with E-state index in [0.29, 0.717) is 12.5 Å². The van der Waals surface area contributed by atoms with Crippen molar-refractivity contribution in [1.82, 2.24) is 0 Å². The van der Waals surface area contributed by atoms with E-state index in [2.05, 4.69) is 0 Å². The number of ether oxygens (including phenoxy) is 1. The first-order valence-corrected chi connectivity index (χ1v) is 5.21. The van der Waals surface area contributed by atoms with Gasteiger partial charge in [-0.1, -0.05) is 12.1 Å². The molecule has 0 fully saturated rings. The molecule has 0 amide bonds. The Kier molecular flexibility index (Phi) is 4.77. The molecule has 1 aromatic rings. The molecule has 0 aliphatic rings. The Labute approximate surface area is 89.5 Å². The van der Waals surface area contributed by atoms with E-state index < -0.39 is 0 Å². The van der Waals surface area contributed by atoms with Gasteiger partial charge in [0, 0.05) is 5.88 Å². The van der Waals surface area contributed by atoms with Crippen molar-refractivity contribution >= 4 is 11.6 Å². The van der Waals surface area contributed by atoms with Crippen molar-refractivity contribution in [3.63, 3.8) is 0 Å². The van der Waals surface area contributed by atoms with Gasteiger partial charge in [0.1, 0.15) is 5.75 Å². The van der Waals surface area contributed by atoms with Crippen LogP contribution in [0.2, 0.25) is 0 Å². The summed E-state index contributed by atoms with van der Waals surface area (Å²) in [6.45, 7) is 2.62. The van der Waals surface area contributed by atoms with Crippen molar-refractivity contribution in [3.05, 3.63) is 29.3 Å². The summed E-state index contributed by atoms with van der Waals surface area (Å²) in [6.07, 6.45) is 0.838. The van der Waals surface area contributed by atoms with Crippen LogP contribution >= 0.6 is 11.6 Å². The van der Waals surface area contributed by atoms with Crippen molar-refractivity contribution in [2.75, 3.05) is 12.5 Å². The first-order chi connectivity index (χ1) is 6.79. The maximum absolute atomic E-state index is 9.04. The lowest BCUT2D eigenvalue weighted by Crippen LogP contribution is -2.01. The second kappa shape index (κ2) is 5.89. The highest BCUT2D eigenvalue weighted by Gasteiger charge is 2.03. The summed E-state index contributed by atoms with van der Waals surface area (Å²) in [6, 6.07) is 5.68. The Morgan fingerprint density at radius 1 is 1.43 bits per heavy atom. The van der Waals surface area contributed by atoms with Crippen LogP contribution in [0.15, 0.2) is 18.2 Å². The van der Waals surface area contributed by atoms with Crippen LogP contribution in [-0.4, -0.2) is 17.6 Å². The maximum Gasteiger partial charge on any atom is 0.122 e. The highest BCUT2D eigenvalue weighted by atomic mass is 35.5. The maximum atomic E-state index is 9.04. The van der Waals surface area contributed by atoms with Crippen LogP contribution in [0.3, 0.4) is 0 Å². The van der Waals surface area contributed by atoms with E-state index in [1.807, 2.05) is 25.1 Å². The van der Waals surface area contributed by atoms with E-state index >= 15 is 0 Å². The standard InChI is InChI=1S/C11H15ClO2/c1-9-10(8-13)4-2-5-11(9)14-7-3-6-12/h2,4-5,13H,3,6-8H2,1H3. The third-order valence-corrected chi connectivity index (χ3v) is 2.37. The topological polar surface area (TPSA) is 29.5 Å². The van der Waals surface area contributed by atoms with Crippen molar-refractivity contribution < 1.29 is 9.84 Å². The number of hydrogen-bond acceptors (Lipinski definition) is 2. The molecule has 14 heavy (non-hydrogen) atoms. The average molecular weight is 215 g/mol. The van der Waals surface area contributed by atoms with Crippen LogP contribution in [0.1, 0.15) is 17.5 Å². The van der Waals surface area contributed by atoms with E-state index in [1.54, 1.807) is 0 Å². The average Bonchev–Trinajstić information content (AvgIpc) is 2.21. The molecule has 0 atom stereocenters. The van der Waals surface area contributed by atoms with Crippen molar-refractivity contribution in [2.45, 2.75) is 20.0 Å². The van der Waals surface area contributed by atoms with E-state index in [-0.39, 0.29) is 6.61 Å². The zero-order chi connectivity index (χ0) is 10.4. The van der Waals surface area contributed by atoms with Gasteiger partial charge in [0.15, 0.2) is 0 Å². The highest BCUT2D eigenvalue weighted by molar-refractivity contribution is 6.17. The van der Waals surface area contributed by atoms with E-state index in [1.165, 1.54) is 0 Å². The molecule has 0 spiro atoms. The molecule has 0 aliphatic heterocycles. The van der Waals surface area contributed by atoms with Gasteiger partial charge >= 0.3 is 0 Å². The van der Waals surface area contributed by atoms with Crippen LogP contribution in [0.4, 0.5) is 0 Å². The zero-order valence-electron chi connectivity index (χ0n) is 8.29. The van der Waals surface area contributed by atoms with Gasteiger partial charge < -0.3 is 9.84 Å². The Morgan fingerprint density at radius 3 is 2.86 bits per heavy atom. The number of aliphatic hydroxyl groups is 1. The first-order valence-electron chi connectivity index (χ1n) is 4.67. The Morgan fingerprint density at radius 2 is 2.21 bits per heavy atom. The fraction of sp³-hybridized carbons (Fsp3) is 0.455.